The van der Waals surface area contributed by atoms with Crippen molar-refractivity contribution in [2.24, 2.45) is 0 Å². The molecule has 1 unspecified atom stereocenters. The van der Waals surface area contributed by atoms with Crippen LogP contribution in [0.2, 0.25) is 0 Å². The maximum Gasteiger partial charge on any atom is 0.161 e. The summed E-state index contributed by atoms with van der Waals surface area (Å²) in [5.74, 6) is 1.68. The molecule has 0 amide bonds. The lowest BCUT2D eigenvalue weighted by Gasteiger charge is -2.41. The summed E-state index contributed by atoms with van der Waals surface area (Å²) in [5, 5.41) is 24.0. The van der Waals surface area contributed by atoms with Gasteiger partial charge in [0.15, 0.2) is 11.5 Å². The van der Waals surface area contributed by atoms with Crippen molar-refractivity contribution in [2.45, 2.75) is 62.1 Å². The van der Waals surface area contributed by atoms with Crippen molar-refractivity contribution in [2.75, 3.05) is 26.3 Å². The van der Waals surface area contributed by atoms with Gasteiger partial charge in [-0.15, -0.1) is 0 Å². The van der Waals surface area contributed by atoms with Gasteiger partial charge in [-0.2, -0.15) is 0 Å². The summed E-state index contributed by atoms with van der Waals surface area (Å²) >= 11 is 0. The van der Waals surface area contributed by atoms with E-state index in [1.165, 1.54) is 18.4 Å². The second-order valence-electron chi connectivity index (χ2n) is 7.95. The zero-order valence-electron chi connectivity index (χ0n) is 14.8. The minimum Gasteiger partial charge on any atom is -0.486 e. The van der Waals surface area contributed by atoms with Crippen LogP contribution in [0.4, 0.5) is 0 Å². The molecular weight excluding hydrogens is 318 g/mol. The van der Waals surface area contributed by atoms with Crippen molar-refractivity contribution in [1.29, 1.82) is 0 Å². The van der Waals surface area contributed by atoms with Gasteiger partial charge in [-0.05, 0) is 49.8 Å². The second-order valence-corrected chi connectivity index (χ2v) is 7.95. The number of aliphatic hydroxyl groups excluding tert-OH is 1. The highest BCUT2D eigenvalue weighted by Crippen LogP contribution is 2.44. The van der Waals surface area contributed by atoms with Crippen molar-refractivity contribution in [1.82, 2.24) is 5.32 Å². The molecule has 138 valence electrons. The normalized spacial score (nSPS) is 24.6. The van der Waals surface area contributed by atoms with E-state index in [1.807, 2.05) is 6.07 Å². The SMILES string of the molecule is OC(CNCC1(c2ccc3c(c2)OCCO3)CCCC1)C1(O)CCC1. The third kappa shape index (κ3) is 3.25. The fraction of sp³-hybridized carbons (Fsp3) is 0.700. The molecule has 1 heterocycles. The van der Waals surface area contributed by atoms with Crippen LogP contribution in [0, 0.1) is 0 Å². The highest BCUT2D eigenvalue weighted by Gasteiger charge is 2.42. The zero-order valence-corrected chi connectivity index (χ0v) is 14.8. The van der Waals surface area contributed by atoms with Crippen LogP contribution >= 0.6 is 0 Å². The minimum atomic E-state index is -0.868. The van der Waals surface area contributed by atoms with Crippen molar-refractivity contribution in [3.05, 3.63) is 23.8 Å². The molecule has 1 aromatic rings. The van der Waals surface area contributed by atoms with Crippen LogP contribution in [0.25, 0.3) is 0 Å². The van der Waals surface area contributed by atoms with Crippen molar-refractivity contribution in [3.8, 4) is 11.5 Å². The predicted molar refractivity (Wildman–Crippen MR) is 95.3 cm³/mol. The summed E-state index contributed by atoms with van der Waals surface area (Å²) in [5.41, 5.74) is 0.503. The monoisotopic (exact) mass is 347 g/mol. The molecule has 1 atom stereocenters. The van der Waals surface area contributed by atoms with Gasteiger partial charge in [-0.1, -0.05) is 18.9 Å². The molecule has 3 aliphatic rings. The van der Waals surface area contributed by atoms with Crippen LogP contribution in [0.15, 0.2) is 18.2 Å². The minimum absolute atomic E-state index is 0.0811. The first-order valence-electron chi connectivity index (χ1n) is 9.63. The van der Waals surface area contributed by atoms with E-state index in [1.54, 1.807) is 0 Å². The van der Waals surface area contributed by atoms with Gasteiger partial charge >= 0.3 is 0 Å². The number of fused-ring (bicyclic) bond motifs is 1. The molecular formula is C20H29NO4. The lowest BCUT2D eigenvalue weighted by Crippen LogP contribution is -2.53. The quantitative estimate of drug-likeness (QED) is 0.735. The molecule has 0 spiro atoms. The number of ether oxygens (including phenoxy) is 2. The Kier molecular flexibility index (Phi) is 4.65. The molecule has 5 heteroatoms. The molecule has 25 heavy (non-hydrogen) atoms. The number of hydrogen-bond acceptors (Lipinski definition) is 5. The van der Waals surface area contributed by atoms with Gasteiger partial charge < -0.3 is 25.0 Å². The Morgan fingerprint density at radius 3 is 2.40 bits per heavy atom. The molecule has 0 saturated heterocycles. The summed E-state index contributed by atoms with van der Waals surface area (Å²) in [6, 6.07) is 6.32. The molecule has 2 aliphatic carbocycles. The van der Waals surface area contributed by atoms with Crippen molar-refractivity contribution < 1.29 is 19.7 Å². The average Bonchev–Trinajstić information content (AvgIpc) is 3.09. The van der Waals surface area contributed by atoms with E-state index >= 15 is 0 Å². The number of benzene rings is 1. The third-order valence-electron chi connectivity index (χ3n) is 6.36. The molecule has 3 N–H and O–H groups in total. The smallest absolute Gasteiger partial charge is 0.161 e. The molecule has 1 aromatic carbocycles. The van der Waals surface area contributed by atoms with E-state index < -0.39 is 11.7 Å². The van der Waals surface area contributed by atoms with Gasteiger partial charge in [0, 0.05) is 18.5 Å². The van der Waals surface area contributed by atoms with Crippen LogP contribution < -0.4 is 14.8 Å². The topological polar surface area (TPSA) is 71.0 Å². The van der Waals surface area contributed by atoms with Gasteiger partial charge in [0.1, 0.15) is 13.2 Å². The number of rotatable bonds is 6. The van der Waals surface area contributed by atoms with Gasteiger partial charge in [-0.3, -0.25) is 0 Å². The Morgan fingerprint density at radius 2 is 1.72 bits per heavy atom. The van der Waals surface area contributed by atoms with Crippen molar-refractivity contribution >= 4 is 0 Å². The maximum atomic E-state index is 10.3. The highest BCUT2D eigenvalue weighted by atomic mass is 16.6. The Labute approximate surface area is 149 Å². The largest absolute Gasteiger partial charge is 0.486 e. The van der Waals surface area contributed by atoms with Gasteiger partial charge in [-0.25, -0.2) is 0 Å². The summed E-state index contributed by atoms with van der Waals surface area (Å²) in [4.78, 5) is 0. The molecule has 2 fully saturated rings. The third-order valence-corrected chi connectivity index (χ3v) is 6.36. The Balaban J connectivity index is 1.44. The fourth-order valence-electron chi connectivity index (χ4n) is 4.50. The van der Waals surface area contributed by atoms with E-state index in [9.17, 15) is 10.2 Å². The molecule has 1 aliphatic heterocycles. The van der Waals surface area contributed by atoms with E-state index in [0.29, 0.717) is 32.6 Å². The summed E-state index contributed by atoms with van der Waals surface area (Å²) in [6.45, 7) is 2.48. The molecule has 5 nitrogen and oxygen atoms in total. The summed E-state index contributed by atoms with van der Waals surface area (Å²) in [7, 11) is 0. The van der Waals surface area contributed by atoms with Crippen LogP contribution in [0.5, 0.6) is 11.5 Å². The van der Waals surface area contributed by atoms with Gasteiger partial charge in [0.05, 0.1) is 11.7 Å². The Morgan fingerprint density at radius 1 is 1.00 bits per heavy atom. The van der Waals surface area contributed by atoms with Crippen LogP contribution in [-0.2, 0) is 5.41 Å². The predicted octanol–water partition coefficient (Wildman–Crippen LogP) is 2.14. The standard InChI is InChI=1S/C20H29NO4/c22-18(20(23)8-3-9-20)13-21-14-19(6-1-2-7-19)15-4-5-16-17(12-15)25-11-10-24-16/h4-5,12,18,21-23H,1-3,6-11,13-14H2. The maximum absolute atomic E-state index is 10.3. The average molecular weight is 347 g/mol. The lowest BCUT2D eigenvalue weighted by atomic mass is 9.75. The van der Waals surface area contributed by atoms with Crippen LogP contribution in [0.3, 0.4) is 0 Å². The van der Waals surface area contributed by atoms with E-state index in [4.69, 9.17) is 9.47 Å². The number of hydrogen-bond donors (Lipinski definition) is 3. The lowest BCUT2D eigenvalue weighted by molar-refractivity contribution is -0.123. The van der Waals surface area contributed by atoms with Crippen LogP contribution in [-0.4, -0.2) is 48.2 Å². The van der Waals surface area contributed by atoms with Crippen molar-refractivity contribution in [3.63, 3.8) is 0 Å². The van der Waals surface area contributed by atoms with Crippen LogP contribution in [0.1, 0.15) is 50.5 Å². The fourth-order valence-corrected chi connectivity index (χ4v) is 4.50. The molecule has 4 rings (SSSR count). The first-order valence-corrected chi connectivity index (χ1v) is 9.63. The Bertz CT molecular complexity index is 608. The number of aliphatic hydroxyl groups is 2. The number of nitrogens with one attached hydrogen (secondary N) is 1. The van der Waals surface area contributed by atoms with E-state index in [-0.39, 0.29) is 5.41 Å². The second kappa shape index (κ2) is 6.78. The first-order chi connectivity index (χ1) is 12.1. The zero-order chi connectivity index (χ0) is 17.3. The van der Waals surface area contributed by atoms with Gasteiger partial charge in [0.2, 0.25) is 0 Å². The summed E-state index contributed by atoms with van der Waals surface area (Å²) in [6.07, 6.45) is 6.48. The van der Waals surface area contributed by atoms with Gasteiger partial charge in [0.25, 0.3) is 0 Å². The Hall–Kier alpha value is -1.30. The molecule has 0 aromatic heterocycles. The highest BCUT2D eigenvalue weighted by molar-refractivity contribution is 5.46. The molecule has 0 bridgehead atoms. The molecule has 0 radical (unpaired) electrons. The first kappa shape index (κ1) is 17.1. The molecule has 2 saturated carbocycles. The van der Waals surface area contributed by atoms with E-state index in [0.717, 1.165) is 37.3 Å². The van der Waals surface area contributed by atoms with E-state index in [2.05, 4.69) is 17.4 Å². The summed E-state index contributed by atoms with van der Waals surface area (Å²) < 4.78 is 11.4.